The zero-order valence-corrected chi connectivity index (χ0v) is 9.81. The Bertz CT molecular complexity index is 547. The van der Waals surface area contributed by atoms with E-state index in [1.165, 1.54) is 11.1 Å². The molecule has 4 heteroatoms. The van der Waals surface area contributed by atoms with E-state index in [1.807, 2.05) is 13.0 Å². The molecular formula is C13H15N3O. The predicted octanol–water partition coefficient (Wildman–Crippen LogP) is 2.25. The molecule has 1 aliphatic rings. The maximum absolute atomic E-state index is 6.01. The maximum Gasteiger partial charge on any atom is 0.226 e. The molecule has 2 aromatic rings. The number of fused-ring (bicyclic) bond motifs is 1. The van der Waals surface area contributed by atoms with E-state index in [0.29, 0.717) is 11.7 Å². The molecule has 0 amide bonds. The van der Waals surface area contributed by atoms with Crippen LogP contribution in [0, 0.1) is 0 Å². The molecule has 1 heterocycles. The minimum absolute atomic E-state index is 0.190. The SMILES string of the molecule is CCc1nc(-c2ccc3c(c2)CC[C@H]3N)no1. The van der Waals surface area contributed by atoms with E-state index >= 15 is 0 Å². The Morgan fingerprint density at radius 2 is 2.35 bits per heavy atom. The first-order chi connectivity index (χ1) is 8.28. The fourth-order valence-corrected chi connectivity index (χ4v) is 2.31. The highest BCUT2D eigenvalue weighted by Gasteiger charge is 2.20. The van der Waals surface area contributed by atoms with Gasteiger partial charge in [0.15, 0.2) is 0 Å². The summed E-state index contributed by atoms with van der Waals surface area (Å²) in [6.07, 6.45) is 2.84. The first-order valence-corrected chi connectivity index (χ1v) is 5.99. The average Bonchev–Trinajstić information content (AvgIpc) is 2.96. The van der Waals surface area contributed by atoms with Gasteiger partial charge in [-0.2, -0.15) is 4.98 Å². The van der Waals surface area contributed by atoms with Gasteiger partial charge >= 0.3 is 0 Å². The predicted molar refractivity (Wildman–Crippen MR) is 64.4 cm³/mol. The monoisotopic (exact) mass is 229 g/mol. The zero-order valence-electron chi connectivity index (χ0n) is 9.81. The molecule has 0 unspecified atom stereocenters. The highest BCUT2D eigenvalue weighted by Crippen LogP contribution is 2.31. The van der Waals surface area contributed by atoms with Crippen molar-refractivity contribution in [2.75, 3.05) is 0 Å². The lowest BCUT2D eigenvalue weighted by Gasteiger charge is -2.04. The van der Waals surface area contributed by atoms with Gasteiger partial charge in [-0.15, -0.1) is 0 Å². The van der Waals surface area contributed by atoms with Crippen LogP contribution in [-0.2, 0) is 12.8 Å². The quantitative estimate of drug-likeness (QED) is 0.857. The summed E-state index contributed by atoms with van der Waals surface area (Å²) in [5.74, 6) is 1.35. The van der Waals surface area contributed by atoms with Gasteiger partial charge in [0.25, 0.3) is 0 Å². The van der Waals surface area contributed by atoms with Crippen LogP contribution >= 0.6 is 0 Å². The number of nitrogens with zero attached hydrogens (tertiary/aromatic N) is 2. The lowest BCUT2D eigenvalue weighted by atomic mass is 10.0. The van der Waals surface area contributed by atoms with E-state index in [-0.39, 0.29) is 6.04 Å². The Kier molecular flexibility index (Phi) is 2.44. The van der Waals surface area contributed by atoms with Gasteiger partial charge < -0.3 is 10.3 Å². The molecule has 1 atom stereocenters. The lowest BCUT2D eigenvalue weighted by Crippen LogP contribution is -2.04. The largest absolute Gasteiger partial charge is 0.339 e. The highest BCUT2D eigenvalue weighted by atomic mass is 16.5. The number of aryl methyl sites for hydroxylation is 2. The van der Waals surface area contributed by atoms with Crippen LogP contribution in [0.2, 0.25) is 0 Å². The van der Waals surface area contributed by atoms with Crippen molar-refractivity contribution >= 4 is 0 Å². The molecule has 0 radical (unpaired) electrons. The van der Waals surface area contributed by atoms with E-state index < -0.39 is 0 Å². The van der Waals surface area contributed by atoms with Gasteiger partial charge in [-0.05, 0) is 30.0 Å². The van der Waals surface area contributed by atoms with Crippen LogP contribution in [0.1, 0.15) is 36.4 Å². The minimum atomic E-state index is 0.190. The van der Waals surface area contributed by atoms with Gasteiger partial charge in [-0.3, -0.25) is 0 Å². The van der Waals surface area contributed by atoms with Crippen LogP contribution in [0.5, 0.6) is 0 Å². The van der Waals surface area contributed by atoms with E-state index in [1.54, 1.807) is 0 Å². The van der Waals surface area contributed by atoms with Crippen molar-refractivity contribution in [3.8, 4) is 11.4 Å². The third-order valence-corrected chi connectivity index (χ3v) is 3.30. The van der Waals surface area contributed by atoms with Crippen LogP contribution in [-0.4, -0.2) is 10.1 Å². The summed E-state index contributed by atoms with van der Waals surface area (Å²) in [6.45, 7) is 2.00. The molecule has 1 aliphatic carbocycles. The summed E-state index contributed by atoms with van der Waals surface area (Å²) in [4.78, 5) is 4.33. The van der Waals surface area contributed by atoms with Gasteiger partial charge in [-0.1, -0.05) is 24.2 Å². The third kappa shape index (κ3) is 1.74. The van der Waals surface area contributed by atoms with Crippen molar-refractivity contribution in [3.63, 3.8) is 0 Å². The molecule has 0 saturated carbocycles. The van der Waals surface area contributed by atoms with Crippen LogP contribution in [0.4, 0.5) is 0 Å². The van der Waals surface area contributed by atoms with Crippen molar-refractivity contribution in [2.45, 2.75) is 32.2 Å². The van der Waals surface area contributed by atoms with Crippen LogP contribution in [0.25, 0.3) is 11.4 Å². The molecule has 2 N–H and O–H groups in total. The maximum atomic E-state index is 6.01. The van der Waals surface area contributed by atoms with Crippen LogP contribution in [0.15, 0.2) is 22.7 Å². The van der Waals surface area contributed by atoms with Crippen LogP contribution < -0.4 is 5.73 Å². The van der Waals surface area contributed by atoms with Crippen molar-refractivity contribution in [1.82, 2.24) is 10.1 Å². The van der Waals surface area contributed by atoms with Crippen molar-refractivity contribution in [1.29, 1.82) is 0 Å². The summed E-state index contributed by atoms with van der Waals surface area (Å²) >= 11 is 0. The Labute approximate surface area is 99.8 Å². The first kappa shape index (κ1) is 10.5. The molecule has 0 bridgehead atoms. The summed E-state index contributed by atoms with van der Waals surface area (Å²) in [7, 11) is 0. The molecule has 17 heavy (non-hydrogen) atoms. The molecule has 3 rings (SSSR count). The van der Waals surface area contributed by atoms with E-state index in [0.717, 1.165) is 24.8 Å². The first-order valence-electron chi connectivity index (χ1n) is 5.99. The molecule has 1 aromatic carbocycles. The standard InChI is InChI=1S/C13H15N3O/c1-2-12-15-13(16-17-12)9-3-5-10-8(7-9)4-6-11(10)14/h3,5,7,11H,2,4,6,14H2,1H3/t11-/m1/s1. The molecule has 4 nitrogen and oxygen atoms in total. The van der Waals surface area contributed by atoms with Crippen molar-refractivity contribution in [2.24, 2.45) is 5.73 Å². The summed E-state index contributed by atoms with van der Waals surface area (Å²) in [6, 6.07) is 6.43. The van der Waals surface area contributed by atoms with Gasteiger partial charge in [0, 0.05) is 18.0 Å². The molecule has 0 aliphatic heterocycles. The van der Waals surface area contributed by atoms with Crippen LogP contribution in [0.3, 0.4) is 0 Å². The molecule has 0 spiro atoms. The summed E-state index contributed by atoms with van der Waals surface area (Å²) < 4.78 is 5.12. The highest BCUT2D eigenvalue weighted by molar-refractivity contribution is 5.58. The van der Waals surface area contributed by atoms with E-state index in [9.17, 15) is 0 Å². The van der Waals surface area contributed by atoms with E-state index in [2.05, 4.69) is 22.3 Å². The molecule has 0 fully saturated rings. The number of nitrogens with two attached hydrogens (primary N) is 1. The Hall–Kier alpha value is -1.68. The smallest absolute Gasteiger partial charge is 0.226 e. The second-order valence-corrected chi connectivity index (χ2v) is 4.42. The van der Waals surface area contributed by atoms with Gasteiger partial charge in [-0.25, -0.2) is 0 Å². The third-order valence-electron chi connectivity index (χ3n) is 3.30. The van der Waals surface area contributed by atoms with Crippen molar-refractivity contribution in [3.05, 3.63) is 35.2 Å². The second-order valence-electron chi connectivity index (χ2n) is 4.42. The average molecular weight is 229 g/mol. The fraction of sp³-hybridized carbons (Fsp3) is 0.385. The molecule has 0 saturated heterocycles. The minimum Gasteiger partial charge on any atom is -0.339 e. The second kappa shape index (κ2) is 3.96. The number of hydrogen-bond acceptors (Lipinski definition) is 4. The van der Waals surface area contributed by atoms with E-state index in [4.69, 9.17) is 10.3 Å². The molecule has 1 aromatic heterocycles. The Morgan fingerprint density at radius 3 is 3.12 bits per heavy atom. The normalized spacial score (nSPS) is 18.4. The summed E-state index contributed by atoms with van der Waals surface area (Å²) in [5.41, 5.74) is 9.60. The van der Waals surface area contributed by atoms with Crippen molar-refractivity contribution < 1.29 is 4.52 Å². The Balaban J connectivity index is 1.99. The summed E-state index contributed by atoms with van der Waals surface area (Å²) in [5, 5.41) is 3.98. The fourth-order valence-electron chi connectivity index (χ4n) is 2.31. The topological polar surface area (TPSA) is 64.9 Å². The Morgan fingerprint density at radius 1 is 1.47 bits per heavy atom. The van der Waals surface area contributed by atoms with Gasteiger partial charge in [0.1, 0.15) is 0 Å². The zero-order chi connectivity index (χ0) is 11.8. The number of rotatable bonds is 2. The molecular weight excluding hydrogens is 214 g/mol. The number of benzene rings is 1. The molecule has 88 valence electrons. The van der Waals surface area contributed by atoms with Gasteiger partial charge in [0.2, 0.25) is 11.7 Å². The number of aromatic nitrogens is 2. The number of hydrogen-bond donors (Lipinski definition) is 1. The van der Waals surface area contributed by atoms with Gasteiger partial charge in [0.05, 0.1) is 0 Å². The lowest BCUT2D eigenvalue weighted by molar-refractivity contribution is 0.383.